The van der Waals surface area contributed by atoms with Gasteiger partial charge in [-0.15, -0.1) is 0 Å². The van der Waals surface area contributed by atoms with Crippen LogP contribution in [0.5, 0.6) is 0 Å². The molecule has 1 aliphatic carbocycles. The third-order valence-electron chi connectivity index (χ3n) is 5.03. The number of piperidine rings is 1. The molecule has 134 valence electrons. The Bertz CT molecular complexity index is 699. The van der Waals surface area contributed by atoms with Crippen LogP contribution in [-0.2, 0) is 0 Å². The third-order valence-corrected chi connectivity index (χ3v) is 5.03. The van der Waals surface area contributed by atoms with Crippen LogP contribution >= 0.6 is 0 Å². The molecule has 2 aliphatic rings. The number of hydrogen-bond acceptors (Lipinski definition) is 6. The van der Waals surface area contributed by atoms with Gasteiger partial charge in [-0.3, -0.25) is 5.10 Å². The number of H-pyrrole nitrogens is 1. The maximum atomic E-state index is 4.69. The molecular weight excluding hydrogens is 314 g/mol. The Kier molecular flexibility index (Phi) is 4.57. The summed E-state index contributed by atoms with van der Waals surface area (Å²) in [5.74, 6) is 3.89. The van der Waals surface area contributed by atoms with Crippen LogP contribution in [0.15, 0.2) is 18.3 Å². The van der Waals surface area contributed by atoms with Gasteiger partial charge in [0.2, 0.25) is 5.95 Å². The van der Waals surface area contributed by atoms with Crippen molar-refractivity contribution in [2.75, 3.05) is 43.9 Å². The van der Waals surface area contributed by atoms with E-state index >= 15 is 0 Å². The Morgan fingerprint density at radius 3 is 2.72 bits per heavy atom. The molecule has 0 unspecified atom stereocenters. The maximum Gasteiger partial charge on any atom is 0.227 e. The number of nitrogens with one attached hydrogen (secondary N) is 2. The van der Waals surface area contributed by atoms with E-state index in [2.05, 4.69) is 55.4 Å². The van der Waals surface area contributed by atoms with E-state index < -0.39 is 0 Å². The van der Waals surface area contributed by atoms with Crippen LogP contribution in [-0.4, -0.2) is 58.8 Å². The van der Waals surface area contributed by atoms with E-state index in [0.717, 1.165) is 36.6 Å². The number of aromatic amines is 1. The molecule has 2 aromatic rings. The second-order valence-electron chi connectivity index (χ2n) is 7.54. The van der Waals surface area contributed by atoms with Crippen molar-refractivity contribution >= 4 is 17.6 Å². The summed E-state index contributed by atoms with van der Waals surface area (Å²) in [5, 5.41) is 10.7. The van der Waals surface area contributed by atoms with E-state index in [1.165, 1.54) is 37.9 Å². The van der Waals surface area contributed by atoms with Crippen molar-refractivity contribution in [2.45, 2.75) is 31.6 Å². The predicted molar refractivity (Wildman–Crippen MR) is 99.4 cm³/mol. The highest BCUT2D eigenvalue weighted by Crippen LogP contribution is 2.39. The van der Waals surface area contributed by atoms with E-state index in [0.29, 0.717) is 5.92 Å². The molecule has 25 heavy (non-hydrogen) atoms. The highest BCUT2D eigenvalue weighted by atomic mass is 15.3. The Balaban J connectivity index is 1.37. The molecule has 0 aromatic carbocycles. The topological polar surface area (TPSA) is 73.0 Å². The van der Waals surface area contributed by atoms with E-state index in [1.807, 2.05) is 12.3 Å². The van der Waals surface area contributed by atoms with E-state index in [9.17, 15) is 0 Å². The normalized spacial score (nSPS) is 18.8. The molecule has 0 amide bonds. The minimum atomic E-state index is 0.674. The zero-order chi connectivity index (χ0) is 17.2. The summed E-state index contributed by atoms with van der Waals surface area (Å²) in [6.07, 6.45) is 6.75. The van der Waals surface area contributed by atoms with Crippen LogP contribution in [0, 0.1) is 5.92 Å². The van der Waals surface area contributed by atoms with Crippen molar-refractivity contribution in [2.24, 2.45) is 5.92 Å². The van der Waals surface area contributed by atoms with Crippen molar-refractivity contribution < 1.29 is 0 Å². The second kappa shape index (κ2) is 7.00. The molecule has 0 bridgehead atoms. The summed E-state index contributed by atoms with van der Waals surface area (Å²) in [7, 11) is 4.29. The number of aromatic nitrogens is 4. The quantitative estimate of drug-likeness (QED) is 0.841. The molecule has 7 heteroatoms. The summed E-state index contributed by atoms with van der Waals surface area (Å²) in [5.41, 5.74) is 1.22. The molecule has 0 spiro atoms. The van der Waals surface area contributed by atoms with Crippen molar-refractivity contribution in [3.8, 4) is 0 Å². The van der Waals surface area contributed by atoms with Gasteiger partial charge in [0.1, 0.15) is 5.82 Å². The number of anilines is 3. The largest absolute Gasteiger partial charge is 0.341 e. The van der Waals surface area contributed by atoms with Gasteiger partial charge in [0, 0.05) is 43.5 Å². The summed E-state index contributed by atoms with van der Waals surface area (Å²) >= 11 is 0. The highest BCUT2D eigenvalue weighted by Gasteiger charge is 2.25. The third kappa shape index (κ3) is 4.10. The lowest BCUT2D eigenvalue weighted by atomic mass is 9.97. The number of nitrogens with zero attached hydrogens (tertiary/aromatic N) is 5. The van der Waals surface area contributed by atoms with Gasteiger partial charge in [-0.2, -0.15) is 10.1 Å². The van der Waals surface area contributed by atoms with Gasteiger partial charge in [-0.1, -0.05) is 0 Å². The lowest BCUT2D eigenvalue weighted by Gasteiger charge is -2.33. The smallest absolute Gasteiger partial charge is 0.227 e. The van der Waals surface area contributed by atoms with Crippen LogP contribution in [0.25, 0.3) is 0 Å². The summed E-state index contributed by atoms with van der Waals surface area (Å²) in [6, 6.07) is 3.99. The molecule has 4 rings (SSSR count). The Hall–Kier alpha value is -2.15. The fourth-order valence-electron chi connectivity index (χ4n) is 3.54. The average molecular weight is 341 g/mol. The maximum absolute atomic E-state index is 4.69. The first kappa shape index (κ1) is 16.3. The van der Waals surface area contributed by atoms with E-state index in [1.54, 1.807) is 0 Å². The lowest BCUT2D eigenvalue weighted by molar-refractivity contribution is 0.284. The predicted octanol–water partition coefficient (Wildman–Crippen LogP) is 2.60. The first-order valence-electron chi connectivity index (χ1n) is 9.22. The van der Waals surface area contributed by atoms with Crippen LogP contribution in [0.4, 0.5) is 17.6 Å². The minimum absolute atomic E-state index is 0.674. The number of hydrogen-bond donors (Lipinski definition) is 2. The van der Waals surface area contributed by atoms with Crippen LogP contribution in [0.1, 0.15) is 37.3 Å². The Morgan fingerprint density at radius 1 is 1.20 bits per heavy atom. The van der Waals surface area contributed by atoms with Gasteiger partial charge >= 0.3 is 0 Å². The zero-order valence-corrected chi connectivity index (χ0v) is 15.1. The fraction of sp³-hybridized carbons (Fsp3) is 0.611. The standard InChI is InChI=1S/C18H27N7/c1-24(2)12-13-6-9-25(10-7-13)18-19-8-5-16(21-18)20-17-11-15(22-23-17)14-3-4-14/h5,8,11,13-14H,3-4,6-7,9-10,12H2,1-2H3,(H2,19,20,21,22,23). The molecule has 3 heterocycles. The molecule has 2 aromatic heterocycles. The van der Waals surface area contributed by atoms with Gasteiger partial charge in [-0.25, -0.2) is 4.98 Å². The van der Waals surface area contributed by atoms with Crippen molar-refractivity contribution in [3.05, 3.63) is 24.0 Å². The average Bonchev–Trinajstić information content (AvgIpc) is 3.35. The summed E-state index contributed by atoms with van der Waals surface area (Å²) in [4.78, 5) is 13.7. The molecule has 2 N–H and O–H groups in total. The monoisotopic (exact) mass is 341 g/mol. The van der Waals surface area contributed by atoms with Crippen LogP contribution in [0.3, 0.4) is 0 Å². The van der Waals surface area contributed by atoms with Gasteiger partial charge < -0.3 is 15.1 Å². The van der Waals surface area contributed by atoms with Crippen molar-refractivity contribution in [1.29, 1.82) is 0 Å². The van der Waals surface area contributed by atoms with E-state index in [4.69, 9.17) is 0 Å². The van der Waals surface area contributed by atoms with Gasteiger partial charge in [0.25, 0.3) is 0 Å². The molecule has 7 nitrogen and oxygen atoms in total. The van der Waals surface area contributed by atoms with Gasteiger partial charge in [-0.05, 0) is 51.8 Å². The molecule has 0 radical (unpaired) electrons. The molecule has 1 aliphatic heterocycles. The Labute approximate surface area is 148 Å². The second-order valence-corrected chi connectivity index (χ2v) is 7.54. The van der Waals surface area contributed by atoms with E-state index in [-0.39, 0.29) is 0 Å². The highest BCUT2D eigenvalue weighted by molar-refractivity contribution is 5.53. The van der Waals surface area contributed by atoms with Gasteiger partial charge in [0.15, 0.2) is 5.82 Å². The molecular formula is C18H27N7. The van der Waals surface area contributed by atoms with Crippen LogP contribution in [0.2, 0.25) is 0 Å². The molecule has 2 fully saturated rings. The van der Waals surface area contributed by atoms with Gasteiger partial charge in [0.05, 0.1) is 0 Å². The number of rotatable bonds is 6. The zero-order valence-electron chi connectivity index (χ0n) is 15.1. The van der Waals surface area contributed by atoms with Crippen LogP contribution < -0.4 is 10.2 Å². The van der Waals surface area contributed by atoms with Crippen molar-refractivity contribution in [1.82, 2.24) is 25.1 Å². The summed E-state index contributed by atoms with van der Waals surface area (Å²) < 4.78 is 0. The minimum Gasteiger partial charge on any atom is -0.341 e. The molecule has 1 saturated heterocycles. The summed E-state index contributed by atoms with van der Waals surface area (Å²) in [6.45, 7) is 3.21. The Morgan fingerprint density at radius 2 is 2.00 bits per heavy atom. The first-order valence-corrected chi connectivity index (χ1v) is 9.22. The lowest BCUT2D eigenvalue weighted by Crippen LogP contribution is -2.38. The SMILES string of the molecule is CN(C)CC1CCN(c2nccc(Nc3cc(C4CC4)[nH]n3)n2)CC1. The first-order chi connectivity index (χ1) is 12.2. The molecule has 0 atom stereocenters. The van der Waals surface area contributed by atoms with Crippen molar-refractivity contribution in [3.63, 3.8) is 0 Å². The fourth-order valence-corrected chi connectivity index (χ4v) is 3.54. The molecule has 1 saturated carbocycles.